The predicted octanol–water partition coefficient (Wildman–Crippen LogP) is 1.83. The van der Waals surface area contributed by atoms with Crippen LogP contribution >= 0.6 is 12.6 Å². The summed E-state index contributed by atoms with van der Waals surface area (Å²) < 4.78 is 4.36. The summed E-state index contributed by atoms with van der Waals surface area (Å²) in [6, 6.07) is 14.4. The second kappa shape index (κ2) is 15.5. The van der Waals surface area contributed by atoms with E-state index in [0.717, 1.165) is 11.1 Å². The minimum absolute atomic E-state index is 0.0301. The Balaban J connectivity index is 0.000000541. The van der Waals surface area contributed by atoms with Gasteiger partial charge in [-0.2, -0.15) is 12.6 Å². The molecule has 1 atom stereocenters. The summed E-state index contributed by atoms with van der Waals surface area (Å²) in [6.07, 6.45) is -2.96. The van der Waals surface area contributed by atoms with E-state index in [9.17, 15) is 15.0 Å². The van der Waals surface area contributed by atoms with Gasteiger partial charge in [0.1, 0.15) is 11.5 Å². The Morgan fingerprint density at radius 2 is 1.18 bits per heavy atom. The van der Waals surface area contributed by atoms with Gasteiger partial charge in [0.25, 0.3) is 0 Å². The second-order valence-electron chi connectivity index (χ2n) is 7.66. The van der Waals surface area contributed by atoms with Gasteiger partial charge >= 0.3 is 5.97 Å². The molecule has 0 aromatic heterocycles. The lowest BCUT2D eigenvalue weighted by molar-refractivity contribution is -0.138. The van der Waals surface area contributed by atoms with Gasteiger partial charge < -0.3 is 40.5 Å². The highest BCUT2D eigenvalue weighted by Gasteiger charge is 2.22. The normalized spacial score (nSPS) is 11.8. The highest BCUT2D eigenvalue weighted by Crippen LogP contribution is 2.32. The zero-order chi connectivity index (χ0) is 25.6. The SMILES string of the molecule is CC(C)(c1ccc(O)cc1)c1ccc(O)cc1.CC(S)CC(=O)O.OC(O)COCC(O)O. The topological polar surface area (TPSA) is 168 Å². The molecule has 0 aliphatic heterocycles. The quantitative estimate of drug-likeness (QED) is 0.205. The number of carbonyl (C=O) groups is 1. The third kappa shape index (κ3) is 14.4. The summed E-state index contributed by atoms with van der Waals surface area (Å²) >= 11 is 3.86. The van der Waals surface area contributed by atoms with Crippen LogP contribution in [-0.4, -0.2) is 72.8 Å². The number of aliphatic hydroxyl groups is 4. The largest absolute Gasteiger partial charge is 0.508 e. The van der Waals surface area contributed by atoms with Crippen molar-refractivity contribution >= 4 is 18.6 Å². The molecule has 1 unspecified atom stereocenters. The standard InChI is InChI=1S/C15H16O2.C4H10O5.C4H8O2S/c1-15(2,11-3-7-13(16)8-4-11)12-5-9-14(17)10-6-12;5-3(6)1-9-2-4(7)8;1-3(7)2-4(5)6/h3-10,16-17H,1-2H3;3-8H,1-2H2;3,7H,2H2,1H3,(H,5,6). The van der Waals surface area contributed by atoms with Crippen LogP contribution in [0.25, 0.3) is 0 Å². The van der Waals surface area contributed by atoms with Crippen LogP contribution in [0.1, 0.15) is 38.3 Å². The smallest absolute Gasteiger partial charge is 0.304 e. The number of carboxylic acid groups (broad SMARTS) is 1. The van der Waals surface area contributed by atoms with E-state index < -0.39 is 18.5 Å². The molecule has 0 saturated carbocycles. The molecule has 0 saturated heterocycles. The Bertz CT molecular complexity index is 733. The van der Waals surface area contributed by atoms with E-state index >= 15 is 0 Å². The van der Waals surface area contributed by atoms with E-state index in [1.165, 1.54) is 0 Å². The minimum atomic E-state index is -1.55. The maximum Gasteiger partial charge on any atom is 0.304 e. The van der Waals surface area contributed by atoms with Crippen LogP contribution in [0, 0.1) is 0 Å². The van der Waals surface area contributed by atoms with Crippen molar-refractivity contribution in [3.63, 3.8) is 0 Å². The molecule has 2 rings (SSSR count). The maximum atomic E-state index is 9.76. The van der Waals surface area contributed by atoms with E-state index in [-0.39, 0.29) is 41.8 Å². The number of hydrogen-bond donors (Lipinski definition) is 8. The fraction of sp³-hybridized carbons (Fsp3) is 0.435. The van der Waals surface area contributed by atoms with Crippen molar-refractivity contribution in [1.82, 2.24) is 0 Å². The molecule has 2 aromatic rings. The first kappa shape index (κ1) is 30.7. The van der Waals surface area contributed by atoms with E-state index in [2.05, 4.69) is 31.2 Å². The molecule has 0 bridgehead atoms. The lowest BCUT2D eigenvalue weighted by Gasteiger charge is -2.26. The molecule has 33 heavy (non-hydrogen) atoms. The lowest BCUT2D eigenvalue weighted by Crippen LogP contribution is -2.20. The van der Waals surface area contributed by atoms with Gasteiger partial charge in [0, 0.05) is 10.7 Å². The molecule has 186 valence electrons. The third-order valence-electron chi connectivity index (χ3n) is 4.18. The Kier molecular flexibility index (Phi) is 14.4. The van der Waals surface area contributed by atoms with Crippen LogP contribution in [0.15, 0.2) is 48.5 Å². The fourth-order valence-corrected chi connectivity index (χ4v) is 2.61. The Morgan fingerprint density at radius 3 is 1.39 bits per heavy atom. The summed E-state index contributed by atoms with van der Waals surface area (Å²) in [5.74, 6) is -0.243. The highest BCUT2D eigenvalue weighted by atomic mass is 32.1. The van der Waals surface area contributed by atoms with Gasteiger partial charge in [-0.15, -0.1) is 0 Å². The van der Waals surface area contributed by atoms with Crippen LogP contribution in [0.4, 0.5) is 0 Å². The monoisotopic (exact) mass is 486 g/mol. The number of rotatable bonds is 8. The number of aromatic hydroxyl groups is 2. The molecule has 0 radical (unpaired) electrons. The number of aliphatic carboxylic acids is 1. The lowest BCUT2D eigenvalue weighted by atomic mass is 9.78. The van der Waals surface area contributed by atoms with Gasteiger partial charge in [0.15, 0.2) is 12.6 Å². The van der Waals surface area contributed by atoms with Crippen molar-refractivity contribution in [2.75, 3.05) is 13.2 Å². The molecule has 10 heteroatoms. The molecule has 9 nitrogen and oxygen atoms in total. The molecular formula is C23H34O9S. The molecule has 0 aliphatic carbocycles. The Hall–Kier alpha value is -2.34. The van der Waals surface area contributed by atoms with Crippen molar-refractivity contribution in [3.05, 3.63) is 59.7 Å². The van der Waals surface area contributed by atoms with Crippen LogP contribution in [0.3, 0.4) is 0 Å². The summed E-state index contributed by atoms with van der Waals surface area (Å²) in [5.41, 5.74) is 2.10. The summed E-state index contributed by atoms with van der Waals surface area (Å²) in [6.45, 7) is 5.37. The number of hydrogen-bond acceptors (Lipinski definition) is 9. The fourth-order valence-electron chi connectivity index (χ4n) is 2.45. The molecule has 2 aromatic carbocycles. The third-order valence-corrected chi connectivity index (χ3v) is 4.36. The summed E-state index contributed by atoms with van der Waals surface area (Å²) in [4.78, 5) is 9.76. The van der Waals surface area contributed by atoms with E-state index in [4.69, 9.17) is 25.5 Å². The van der Waals surface area contributed by atoms with E-state index in [1.54, 1.807) is 31.2 Å². The zero-order valence-corrected chi connectivity index (χ0v) is 19.8. The van der Waals surface area contributed by atoms with Gasteiger partial charge in [0.05, 0.1) is 19.6 Å². The molecule has 0 fully saturated rings. The Morgan fingerprint density at radius 1 is 0.848 bits per heavy atom. The molecule has 0 spiro atoms. The van der Waals surface area contributed by atoms with Crippen molar-refractivity contribution in [3.8, 4) is 11.5 Å². The summed E-state index contributed by atoms with van der Waals surface area (Å²) in [7, 11) is 0. The van der Waals surface area contributed by atoms with Crippen LogP contribution in [0.5, 0.6) is 11.5 Å². The molecule has 0 heterocycles. The first-order valence-electron chi connectivity index (χ1n) is 10.0. The van der Waals surface area contributed by atoms with Crippen LogP contribution < -0.4 is 0 Å². The van der Waals surface area contributed by atoms with Gasteiger partial charge in [-0.3, -0.25) is 4.79 Å². The average Bonchev–Trinajstić information content (AvgIpc) is 2.68. The van der Waals surface area contributed by atoms with Crippen molar-refractivity contribution in [2.24, 2.45) is 0 Å². The predicted molar refractivity (Wildman–Crippen MR) is 126 cm³/mol. The number of phenolic OH excluding ortho intramolecular Hbond substituents is 2. The zero-order valence-electron chi connectivity index (χ0n) is 18.9. The maximum absolute atomic E-state index is 9.76. The second-order valence-corrected chi connectivity index (χ2v) is 8.55. The van der Waals surface area contributed by atoms with Crippen molar-refractivity contribution in [2.45, 2.75) is 50.4 Å². The van der Waals surface area contributed by atoms with Crippen molar-refractivity contribution in [1.29, 1.82) is 0 Å². The van der Waals surface area contributed by atoms with Gasteiger partial charge in [-0.05, 0) is 35.4 Å². The average molecular weight is 487 g/mol. The first-order chi connectivity index (χ1) is 15.2. The molecule has 0 amide bonds. The molecule has 0 aliphatic rings. The van der Waals surface area contributed by atoms with Gasteiger partial charge in [-0.1, -0.05) is 45.0 Å². The van der Waals surface area contributed by atoms with E-state index in [0.29, 0.717) is 0 Å². The number of thiol groups is 1. The van der Waals surface area contributed by atoms with Crippen molar-refractivity contribution < 1.29 is 45.3 Å². The van der Waals surface area contributed by atoms with E-state index in [1.807, 2.05) is 24.3 Å². The number of benzene rings is 2. The number of aliphatic hydroxyl groups excluding tert-OH is 2. The van der Waals surface area contributed by atoms with Gasteiger partial charge in [0.2, 0.25) is 0 Å². The summed E-state index contributed by atoms with van der Waals surface area (Å²) in [5, 5.41) is 59.1. The van der Waals surface area contributed by atoms with Crippen LogP contribution in [0.2, 0.25) is 0 Å². The Labute approximate surface area is 199 Å². The number of phenols is 2. The highest BCUT2D eigenvalue weighted by molar-refractivity contribution is 7.80. The molecular weight excluding hydrogens is 452 g/mol. The van der Waals surface area contributed by atoms with Gasteiger partial charge in [-0.25, -0.2) is 0 Å². The number of carboxylic acids is 1. The molecule has 7 N–H and O–H groups in total. The number of ether oxygens (including phenoxy) is 1. The first-order valence-corrected chi connectivity index (χ1v) is 10.6. The minimum Gasteiger partial charge on any atom is -0.508 e. The van der Waals surface area contributed by atoms with Crippen LogP contribution in [-0.2, 0) is 14.9 Å².